The maximum Gasteiger partial charge on any atom is 0.267 e. The molecule has 0 unspecified atom stereocenters. The number of hydrogen-bond acceptors (Lipinski definition) is 5. The second-order valence-corrected chi connectivity index (χ2v) is 6.70. The lowest BCUT2D eigenvalue weighted by Crippen LogP contribution is -2.13. The molecule has 2 rings (SSSR count). The van der Waals surface area contributed by atoms with Gasteiger partial charge in [-0.1, -0.05) is 15.9 Å². The first-order valence-corrected chi connectivity index (χ1v) is 7.94. The second kappa shape index (κ2) is 5.25. The van der Waals surface area contributed by atoms with Gasteiger partial charge >= 0.3 is 0 Å². The maximum absolute atomic E-state index is 12.2. The van der Waals surface area contributed by atoms with E-state index in [-0.39, 0.29) is 10.6 Å². The number of hydrogen-bond donors (Lipinski definition) is 1. The molecule has 0 aliphatic carbocycles. The molecule has 0 aliphatic heterocycles. The van der Waals surface area contributed by atoms with Gasteiger partial charge in [-0.2, -0.15) is 0 Å². The lowest BCUT2D eigenvalue weighted by molar-refractivity contribution is 0.403. The molecule has 96 valence electrons. The standard InChI is InChI=1S/C10H9BrN2O3S2/c1-16-8-3-2-7(11)6-9(8)18(14,15)13-10-12-4-5-17-10/h2-6H,1H3,(H,12,13). The van der Waals surface area contributed by atoms with Crippen LogP contribution in [0.15, 0.2) is 39.1 Å². The van der Waals surface area contributed by atoms with Crippen molar-refractivity contribution in [3.05, 3.63) is 34.2 Å². The van der Waals surface area contributed by atoms with Gasteiger partial charge in [0, 0.05) is 16.0 Å². The van der Waals surface area contributed by atoms with Gasteiger partial charge in [0.15, 0.2) is 5.13 Å². The molecule has 0 amide bonds. The van der Waals surface area contributed by atoms with Crippen LogP contribution >= 0.6 is 27.3 Å². The van der Waals surface area contributed by atoms with E-state index in [2.05, 4.69) is 25.6 Å². The van der Waals surface area contributed by atoms with Gasteiger partial charge < -0.3 is 4.74 Å². The van der Waals surface area contributed by atoms with Crippen molar-refractivity contribution >= 4 is 42.4 Å². The fourth-order valence-electron chi connectivity index (χ4n) is 1.30. The van der Waals surface area contributed by atoms with E-state index in [4.69, 9.17) is 4.74 Å². The van der Waals surface area contributed by atoms with E-state index in [0.29, 0.717) is 9.60 Å². The van der Waals surface area contributed by atoms with Gasteiger partial charge in [0.05, 0.1) is 7.11 Å². The quantitative estimate of drug-likeness (QED) is 0.922. The van der Waals surface area contributed by atoms with E-state index in [1.54, 1.807) is 17.5 Å². The largest absolute Gasteiger partial charge is 0.495 e. The Kier molecular flexibility index (Phi) is 3.88. The number of anilines is 1. The Bertz CT molecular complexity index is 641. The van der Waals surface area contributed by atoms with Gasteiger partial charge in [-0.05, 0) is 18.2 Å². The SMILES string of the molecule is COc1ccc(Br)cc1S(=O)(=O)Nc1nccs1. The Morgan fingerprint density at radius 2 is 2.22 bits per heavy atom. The number of halogens is 1. The van der Waals surface area contributed by atoms with Crippen molar-refractivity contribution in [2.45, 2.75) is 4.90 Å². The fourth-order valence-corrected chi connectivity index (χ4v) is 3.80. The number of methoxy groups -OCH3 is 1. The van der Waals surface area contributed by atoms with Crippen molar-refractivity contribution in [3.63, 3.8) is 0 Å². The van der Waals surface area contributed by atoms with Crippen LogP contribution in [0.4, 0.5) is 5.13 Å². The average molecular weight is 349 g/mol. The minimum Gasteiger partial charge on any atom is -0.495 e. The second-order valence-electron chi connectivity index (χ2n) is 3.24. The lowest BCUT2D eigenvalue weighted by atomic mass is 10.3. The molecule has 8 heteroatoms. The summed E-state index contributed by atoms with van der Waals surface area (Å²) in [6.45, 7) is 0. The summed E-state index contributed by atoms with van der Waals surface area (Å²) in [7, 11) is -2.28. The Hall–Kier alpha value is -1.12. The van der Waals surface area contributed by atoms with Gasteiger partial charge in [-0.15, -0.1) is 11.3 Å². The van der Waals surface area contributed by atoms with E-state index in [0.717, 1.165) is 0 Å². The van der Waals surface area contributed by atoms with Gasteiger partial charge in [-0.25, -0.2) is 13.4 Å². The number of nitrogens with one attached hydrogen (secondary N) is 1. The number of thiazole rings is 1. The number of rotatable bonds is 4. The number of aromatic nitrogens is 1. The topological polar surface area (TPSA) is 68.3 Å². The molecule has 1 N–H and O–H groups in total. The zero-order valence-electron chi connectivity index (χ0n) is 9.25. The molecule has 1 heterocycles. The molecular weight excluding hydrogens is 340 g/mol. The zero-order valence-corrected chi connectivity index (χ0v) is 12.5. The summed E-state index contributed by atoms with van der Waals surface area (Å²) in [5, 5.41) is 2.01. The Balaban J connectivity index is 2.43. The number of ether oxygens (including phenoxy) is 1. The Labute approximate surface area is 117 Å². The molecular formula is C10H9BrN2O3S2. The summed E-state index contributed by atoms with van der Waals surface area (Å²) < 4.78 is 32.5. The fraction of sp³-hybridized carbons (Fsp3) is 0.100. The van der Waals surface area contributed by atoms with Crippen LogP contribution in [0.3, 0.4) is 0 Å². The molecule has 1 aromatic carbocycles. The van der Waals surface area contributed by atoms with Crippen LogP contribution in [0, 0.1) is 0 Å². The molecule has 2 aromatic rings. The predicted molar refractivity (Wildman–Crippen MR) is 73.6 cm³/mol. The van der Waals surface area contributed by atoms with Crippen LogP contribution in [-0.2, 0) is 10.0 Å². The summed E-state index contributed by atoms with van der Waals surface area (Å²) in [5.74, 6) is 0.280. The lowest BCUT2D eigenvalue weighted by Gasteiger charge is -2.10. The molecule has 18 heavy (non-hydrogen) atoms. The molecule has 1 aromatic heterocycles. The van der Waals surface area contributed by atoms with Gasteiger partial charge in [0.25, 0.3) is 10.0 Å². The van der Waals surface area contributed by atoms with Gasteiger partial charge in [0.1, 0.15) is 10.6 Å². The summed E-state index contributed by atoms with van der Waals surface area (Å²) in [5.41, 5.74) is 0. The molecule has 0 atom stereocenters. The highest BCUT2D eigenvalue weighted by atomic mass is 79.9. The monoisotopic (exact) mass is 348 g/mol. The van der Waals surface area contributed by atoms with Crippen LogP contribution in [0.2, 0.25) is 0 Å². The molecule has 0 bridgehead atoms. The van der Waals surface area contributed by atoms with Gasteiger partial charge in [0.2, 0.25) is 0 Å². The number of nitrogens with zero attached hydrogens (tertiary/aromatic N) is 1. The van der Waals surface area contributed by atoms with E-state index in [1.807, 2.05) is 0 Å². The summed E-state index contributed by atoms with van der Waals surface area (Å²) in [6, 6.07) is 4.77. The minimum absolute atomic E-state index is 0.0644. The predicted octanol–water partition coefficient (Wildman–Crippen LogP) is 2.72. The van der Waals surface area contributed by atoms with Gasteiger partial charge in [-0.3, -0.25) is 4.72 Å². The molecule has 0 fully saturated rings. The van der Waals surface area contributed by atoms with Crippen molar-refractivity contribution in [2.75, 3.05) is 11.8 Å². The van der Waals surface area contributed by atoms with Crippen LogP contribution < -0.4 is 9.46 Å². The molecule has 0 spiro atoms. The number of benzene rings is 1. The third-order valence-electron chi connectivity index (χ3n) is 2.07. The Morgan fingerprint density at radius 1 is 1.44 bits per heavy atom. The first-order valence-electron chi connectivity index (χ1n) is 4.79. The number of sulfonamides is 1. The van der Waals surface area contributed by atoms with E-state index in [1.165, 1.54) is 30.7 Å². The maximum atomic E-state index is 12.2. The van der Waals surface area contributed by atoms with Crippen LogP contribution in [0.1, 0.15) is 0 Å². The van der Waals surface area contributed by atoms with Crippen LogP contribution in [0.25, 0.3) is 0 Å². The van der Waals surface area contributed by atoms with Crippen molar-refractivity contribution in [3.8, 4) is 5.75 Å². The van der Waals surface area contributed by atoms with Crippen molar-refractivity contribution in [2.24, 2.45) is 0 Å². The highest BCUT2D eigenvalue weighted by molar-refractivity contribution is 9.10. The third kappa shape index (κ3) is 2.82. The minimum atomic E-state index is -3.71. The van der Waals surface area contributed by atoms with E-state index in [9.17, 15) is 8.42 Å². The molecule has 5 nitrogen and oxygen atoms in total. The van der Waals surface area contributed by atoms with Crippen LogP contribution in [-0.4, -0.2) is 20.5 Å². The van der Waals surface area contributed by atoms with Crippen molar-refractivity contribution < 1.29 is 13.2 Å². The first-order chi connectivity index (χ1) is 8.53. The van der Waals surface area contributed by atoms with E-state index < -0.39 is 10.0 Å². The third-order valence-corrected chi connectivity index (χ3v) is 4.74. The molecule has 0 radical (unpaired) electrons. The van der Waals surface area contributed by atoms with Crippen molar-refractivity contribution in [1.82, 2.24) is 4.98 Å². The van der Waals surface area contributed by atoms with E-state index >= 15 is 0 Å². The molecule has 0 saturated heterocycles. The molecule has 0 saturated carbocycles. The van der Waals surface area contributed by atoms with Crippen molar-refractivity contribution in [1.29, 1.82) is 0 Å². The zero-order chi connectivity index (χ0) is 13.2. The normalized spacial score (nSPS) is 11.2. The average Bonchev–Trinajstić information content (AvgIpc) is 2.81. The Morgan fingerprint density at radius 3 is 2.83 bits per heavy atom. The summed E-state index contributed by atoms with van der Waals surface area (Å²) in [4.78, 5) is 3.94. The summed E-state index contributed by atoms with van der Waals surface area (Å²) >= 11 is 4.44. The summed E-state index contributed by atoms with van der Waals surface area (Å²) in [6.07, 6.45) is 1.53. The highest BCUT2D eigenvalue weighted by Crippen LogP contribution is 2.29. The first kappa shape index (κ1) is 13.3. The highest BCUT2D eigenvalue weighted by Gasteiger charge is 2.20. The molecule has 0 aliphatic rings. The smallest absolute Gasteiger partial charge is 0.267 e. The van der Waals surface area contributed by atoms with Crippen LogP contribution in [0.5, 0.6) is 5.75 Å².